The van der Waals surface area contributed by atoms with Crippen LogP contribution in [0.4, 0.5) is 18.9 Å². The molecule has 1 aliphatic rings. The van der Waals surface area contributed by atoms with Crippen molar-refractivity contribution in [2.24, 2.45) is 0 Å². The summed E-state index contributed by atoms with van der Waals surface area (Å²) in [6, 6.07) is 1.95. The maximum absolute atomic E-state index is 13.4. The molecule has 0 aromatic heterocycles. The first-order chi connectivity index (χ1) is 8.52. The van der Waals surface area contributed by atoms with E-state index in [9.17, 15) is 18.3 Å². The van der Waals surface area contributed by atoms with Gasteiger partial charge in [-0.05, 0) is 12.1 Å². The Morgan fingerprint density at radius 2 is 1.83 bits per heavy atom. The Balaban J connectivity index is 2.04. The van der Waals surface area contributed by atoms with E-state index >= 15 is 0 Å². The third kappa shape index (κ3) is 2.76. The molecule has 1 aromatic rings. The van der Waals surface area contributed by atoms with Crippen LogP contribution in [0.15, 0.2) is 12.1 Å². The lowest BCUT2D eigenvalue weighted by Gasteiger charge is -2.32. The van der Waals surface area contributed by atoms with Crippen LogP contribution in [0.2, 0.25) is 0 Å². The van der Waals surface area contributed by atoms with Gasteiger partial charge in [-0.15, -0.1) is 0 Å². The maximum Gasteiger partial charge on any atom is 0.196 e. The van der Waals surface area contributed by atoms with E-state index in [1.807, 2.05) is 0 Å². The predicted molar refractivity (Wildman–Crippen MR) is 59.8 cm³/mol. The molecule has 0 unspecified atom stereocenters. The van der Waals surface area contributed by atoms with Crippen molar-refractivity contribution in [1.29, 1.82) is 0 Å². The average Bonchev–Trinajstić information content (AvgIpc) is 2.36. The first-order valence-electron chi connectivity index (χ1n) is 5.69. The molecule has 1 saturated heterocycles. The van der Waals surface area contributed by atoms with Gasteiger partial charge in [0.15, 0.2) is 17.5 Å². The van der Waals surface area contributed by atoms with E-state index in [1.165, 1.54) is 0 Å². The van der Waals surface area contributed by atoms with E-state index in [0.717, 1.165) is 12.1 Å². The zero-order chi connectivity index (χ0) is 13.2. The summed E-state index contributed by atoms with van der Waals surface area (Å²) in [5.74, 6) is -4.02. The van der Waals surface area contributed by atoms with Crippen LogP contribution < -0.4 is 5.32 Å². The third-order valence-corrected chi connectivity index (χ3v) is 3.07. The number of halogens is 3. The summed E-state index contributed by atoms with van der Waals surface area (Å²) in [5.41, 5.74) is -1.16. The number of rotatable bonds is 3. The topological polar surface area (TPSA) is 41.5 Å². The lowest BCUT2D eigenvalue weighted by atomic mass is 9.94. The van der Waals surface area contributed by atoms with Crippen LogP contribution in [0, 0.1) is 17.5 Å². The number of hydrogen-bond acceptors (Lipinski definition) is 3. The van der Waals surface area contributed by atoms with E-state index in [-0.39, 0.29) is 12.2 Å². The van der Waals surface area contributed by atoms with Crippen LogP contribution in [-0.4, -0.2) is 30.5 Å². The van der Waals surface area contributed by atoms with Crippen molar-refractivity contribution in [3.63, 3.8) is 0 Å². The van der Waals surface area contributed by atoms with Gasteiger partial charge in [-0.25, -0.2) is 13.2 Å². The summed E-state index contributed by atoms with van der Waals surface area (Å²) >= 11 is 0. The first-order valence-corrected chi connectivity index (χ1v) is 5.69. The molecule has 0 spiro atoms. The molecule has 0 atom stereocenters. The smallest absolute Gasteiger partial charge is 0.196 e. The standard InChI is InChI=1S/C12H14F3NO2/c13-8-1-2-9(11(15)10(8)14)16-7-12(17)3-5-18-6-4-12/h1-2,16-17H,3-7H2. The van der Waals surface area contributed by atoms with Gasteiger partial charge in [0, 0.05) is 32.6 Å². The lowest BCUT2D eigenvalue weighted by molar-refractivity contribution is -0.0543. The number of aliphatic hydroxyl groups is 1. The van der Waals surface area contributed by atoms with Crippen molar-refractivity contribution >= 4 is 5.69 Å². The van der Waals surface area contributed by atoms with Crippen LogP contribution in [0.3, 0.4) is 0 Å². The van der Waals surface area contributed by atoms with Crippen molar-refractivity contribution in [2.75, 3.05) is 25.1 Å². The van der Waals surface area contributed by atoms with E-state index in [4.69, 9.17) is 4.74 Å². The highest BCUT2D eigenvalue weighted by atomic mass is 19.2. The van der Waals surface area contributed by atoms with Crippen molar-refractivity contribution in [2.45, 2.75) is 18.4 Å². The molecule has 18 heavy (non-hydrogen) atoms. The number of benzene rings is 1. The number of anilines is 1. The number of ether oxygens (including phenoxy) is 1. The first kappa shape index (κ1) is 13.2. The normalized spacial score (nSPS) is 18.7. The van der Waals surface area contributed by atoms with Crippen LogP contribution in [-0.2, 0) is 4.74 Å². The molecule has 0 bridgehead atoms. The fourth-order valence-corrected chi connectivity index (χ4v) is 1.85. The van der Waals surface area contributed by atoms with E-state index in [0.29, 0.717) is 26.1 Å². The van der Waals surface area contributed by atoms with Crippen LogP contribution in [0.25, 0.3) is 0 Å². The largest absolute Gasteiger partial charge is 0.388 e. The molecule has 3 nitrogen and oxygen atoms in total. The molecular weight excluding hydrogens is 247 g/mol. The minimum atomic E-state index is -1.51. The van der Waals surface area contributed by atoms with Gasteiger partial charge in [0.05, 0.1) is 11.3 Å². The summed E-state index contributed by atoms with van der Waals surface area (Å²) in [6.45, 7) is 0.926. The molecule has 0 saturated carbocycles. The van der Waals surface area contributed by atoms with Crippen molar-refractivity contribution in [3.05, 3.63) is 29.6 Å². The summed E-state index contributed by atoms with van der Waals surface area (Å²) in [7, 11) is 0. The molecule has 2 rings (SSSR count). The highest BCUT2D eigenvalue weighted by molar-refractivity contribution is 5.45. The quantitative estimate of drug-likeness (QED) is 0.818. The Hall–Kier alpha value is -1.27. The van der Waals surface area contributed by atoms with Crippen LogP contribution >= 0.6 is 0 Å². The Labute approximate surface area is 103 Å². The van der Waals surface area contributed by atoms with Gasteiger partial charge in [-0.1, -0.05) is 0 Å². The molecule has 1 heterocycles. The van der Waals surface area contributed by atoms with Gasteiger partial charge in [0.1, 0.15) is 0 Å². The minimum absolute atomic E-state index is 0.0678. The van der Waals surface area contributed by atoms with Gasteiger partial charge < -0.3 is 15.2 Å². The molecule has 2 N–H and O–H groups in total. The summed E-state index contributed by atoms with van der Waals surface area (Å²) in [4.78, 5) is 0. The Bertz CT molecular complexity index is 434. The second kappa shape index (κ2) is 5.16. The molecule has 0 aliphatic carbocycles. The molecule has 0 amide bonds. The zero-order valence-electron chi connectivity index (χ0n) is 9.68. The molecule has 1 aliphatic heterocycles. The SMILES string of the molecule is OC1(CNc2ccc(F)c(F)c2F)CCOCC1. The van der Waals surface area contributed by atoms with Crippen LogP contribution in [0.5, 0.6) is 0 Å². The highest BCUT2D eigenvalue weighted by Crippen LogP contribution is 2.24. The third-order valence-electron chi connectivity index (χ3n) is 3.07. The molecular formula is C12H14F3NO2. The second-order valence-corrected chi connectivity index (χ2v) is 4.41. The van der Waals surface area contributed by atoms with Gasteiger partial charge in [0.25, 0.3) is 0 Å². The van der Waals surface area contributed by atoms with Crippen molar-refractivity contribution < 1.29 is 23.0 Å². The Morgan fingerprint density at radius 1 is 1.17 bits per heavy atom. The number of nitrogens with one attached hydrogen (secondary N) is 1. The van der Waals surface area contributed by atoms with Crippen molar-refractivity contribution in [3.8, 4) is 0 Å². The summed E-state index contributed by atoms with van der Waals surface area (Å²) in [5, 5.41) is 12.7. The highest BCUT2D eigenvalue weighted by Gasteiger charge is 2.30. The molecule has 100 valence electrons. The van der Waals surface area contributed by atoms with E-state index in [1.54, 1.807) is 0 Å². The summed E-state index contributed by atoms with van der Waals surface area (Å²) in [6.07, 6.45) is 0.844. The number of hydrogen-bond donors (Lipinski definition) is 2. The fraction of sp³-hybridized carbons (Fsp3) is 0.500. The van der Waals surface area contributed by atoms with Gasteiger partial charge >= 0.3 is 0 Å². The van der Waals surface area contributed by atoms with E-state index < -0.39 is 23.1 Å². The monoisotopic (exact) mass is 261 g/mol. The molecule has 1 aromatic carbocycles. The average molecular weight is 261 g/mol. The summed E-state index contributed by atoms with van der Waals surface area (Å²) < 4.78 is 44.2. The maximum atomic E-state index is 13.4. The zero-order valence-corrected chi connectivity index (χ0v) is 9.68. The molecule has 0 radical (unpaired) electrons. The van der Waals surface area contributed by atoms with Crippen LogP contribution in [0.1, 0.15) is 12.8 Å². The molecule has 6 heteroatoms. The molecule has 1 fully saturated rings. The second-order valence-electron chi connectivity index (χ2n) is 4.41. The van der Waals surface area contributed by atoms with Gasteiger partial charge in [-0.2, -0.15) is 0 Å². The van der Waals surface area contributed by atoms with Crippen molar-refractivity contribution in [1.82, 2.24) is 0 Å². The Morgan fingerprint density at radius 3 is 2.50 bits per heavy atom. The lowest BCUT2D eigenvalue weighted by Crippen LogP contribution is -2.42. The minimum Gasteiger partial charge on any atom is -0.388 e. The van der Waals surface area contributed by atoms with E-state index in [2.05, 4.69) is 5.32 Å². The Kier molecular flexibility index (Phi) is 3.77. The fourth-order valence-electron chi connectivity index (χ4n) is 1.85. The van der Waals surface area contributed by atoms with Gasteiger partial charge in [-0.3, -0.25) is 0 Å². The predicted octanol–water partition coefficient (Wildman–Crippen LogP) is 2.06. The van der Waals surface area contributed by atoms with Gasteiger partial charge in [0.2, 0.25) is 0 Å².